The predicted octanol–water partition coefficient (Wildman–Crippen LogP) is 1.27. The Bertz CT molecular complexity index is 590. The Hall–Kier alpha value is -1.40. The predicted molar refractivity (Wildman–Crippen MR) is 72.3 cm³/mol. The summed E-state index contributed by atoms with van der Waals surface area (Å²) < 4.78 is 26.6. The van der Waals surface area contributed by atoms with E-state index in [1.165, 1.54) is 10.4 Å². The molecule has 1 aromatic rings. The smallest absolute Gasteiger partial charge is 0.248 e. The number of nitrogens with zero attached hydrogens (tertiary/aromatic N) is 1. The Balaban J connectivity index is 2.44. The number of hydrogen-bond donors (Lipinski definition) is 1. The molecule has 0 radical (unpaired) electrons. The van der Waals surface area contributed by atoms with Crippen LogP contribution in [0.25, 0.3) is 0 Å². The van der Waals surface area contributed by atoms with Gasteiger partial charge in [0.25, 0.3) is 0 Å². The summed E-state index contributed by atoms with van der Waals surface area (Å²) in [4.78, 5) is 11.4. The first-order chi connectivity index (χ1) is 8.93. The molecule has 104 valence electrons. The molecular weight excluding hydrogens is 264 g/mol. The van der Waals surface area contributed by atoms with Gasteiger partial charge in [0, 0.05) is 18.7 Å². The molecule has 19 heavy (non-hydrogen) atoms. The maximum absolute atomic E-state index is 12.6. The van der Waals surface area contributed by atoms with E-state index in [0.29, 0.717) is 18.7 Å². The topological polar surface area (TPSA) is 80.5 Å². The van der Waals surface area contributed by atoms with Crippen LogP contribution in [0.2, 0.25) is 0 Å². The molecule has 0 saturated carbocycles. The minimum absolute atomic E-state index is 0.186. The quantitative estimate of drug-likeness (QED) is 0.906. The number of piperidine rings is 1. The average molecular weight is 282 g/mol. The van der Waals surface area contributed by atoms with Crippen LogP contribution in [0.1, 0.15) is 35.2 Å². The summed E-state index contributed by atoms with van der Waals surface area (Å²) >= 11 is 0. The second kappa shape index (κ2) is 5.30. The third-order valence-electron chi connectivity index (χ3n) is 3.41. The first kappa shape index (κ1) is 14.0. The maximum Gasteiger partial charge on any atom is 0.248 e. The number of aryl methyl sites for hydroxylation is 1. The lowest BCUT2D eigenvalue weighted by Crippen LogP contribution is -2.36. The zero-order valence-electron chi connectivity index (χ0n) is 10.9. The fourth-order valence-electron chi connectivity index (χ4n) is 2.28. The molecule has 0 atom stereocenters. The molecule has 0 bridgehead atoms. The van der Waals surface area contributed by atoms with Crippen LogP contribution in [0.3, 0.4) is 0 Å². The molecule has 5 nitrogen and oxygen atoms in total. The molecule has 6 heteroatoms. The number of hydrogen-bond acceptors (Lipinski definition) is 3. The van der Waals surface area contributed by atoms with E-state index in [2.05, 4.69) is 0 Å². The van der Waals surface area contributed by atoms with E-state index < -0.39 is 15.9 Å². The number of sulfonamides is 1. The molecule has 0 unspecified atom stereocenters. The summed E-state index contributed by atoms with van der Waals surface area (Å²) in [6.45, 7) is 2.81. The van der Waals surface area contributed by atoms with E-state index in [4.69, 9.17) is 5.73 Å². The highest BCUT2D eigenvalue weighted by atomic mass is 32.2. The molecule has 1 aromatic carbocycles. The second-order valence-electron chi connectivity index (χ2n) is 4.81. The molecule has 1 fully saturated rings. The van der Waals surface area contributed by atoms with Gasteiger partial charge in [-0.25, -0.2) is 8.42 Å². The van der Waals surface area contributed by atoms with Crippen molar-refractivity contribution < 1.29 is 13.2 Å². The van der Waals surface area contributed by atoms with Crippen molar-refractivity contribution in [2.45, 2.75) is 31.1 Å². The molecule has 1 heterocycles. The Kier molecular flexibility index (Phi) is 3.91. The van der Waals surface area contributed by atoms with Gasteiger partial charge < -0.3 is 5.73 Å². The molecule has 0 aromatic heterocycles. The van der Waals surface area contributed by atoms with Gasteiger partial charge in [-0.15, -0.1) is 0 Å². The highest BCUT2D eigenvalue weighted by molar-refractivity contribution is 7.89. The van der Waals surface area contributed by atoms with E-state index in [9.17, 15) is 13.2 Å². The minimum Gasteiger partial charge on any atom is -0.366 e. The third-order valence-corrected chi connectivity index (χ3v) is 5.45. The van der Waals surface area contributed by atoms with Gasteiger partial charge in [0.1, 0.15) is 0 Å². The van der Waals surface area contributed by atoms with Crippen molar-refractivity contribution in [3.8, 4) is 0 Å². The molecule has 1 aliphatic rings. The van der Waals surface area contributed by atoms with Crippen molar-refractivity contribution in [1.82, 2.24) is 4.31 Å². The Morgan fingerprint density at radius 3 is 2.42 bits per heavy atom. The Morgan fingerprint density at radius 1 is 1.21 bits per heavy atom. The average Bonchev–Trinajstić information content (AvgIpc) is 2.39. The largest absolute Gasteiger partial charge is 0.366 e. The summed E-state index contributed by atoms with van der Waals surface area (Å²) in [7, 11) is -3.52. The normalized spacial score (nSPS) is 17.3. The standard InChI is InChI=1S/C13H18N2O3S/c1-10-5-6-11(13(14)16)9-12(10)19(17,18)15-7-3-2-4-8-15/h5-6,9H,2-4,7-8H2,1H3,(H2,14,16). The van der Waals surface area contributed by atoms with Crippen LogP contribution in [0.15, 0.2) is 23.1 Å². The van der Waals surface area contributed by atoms with E-state index in [-0.39, 0.29) is 10.5 Å². The molecule has 2 rings (SSSR count). The van der Waals surface area contributed by atoms with Crippen molar-refractivity contribution in [2.24, 2.45) is 5.73 Å². The highest BCUT2D eigenvalue weighted by Crippen LogP contribution is 2.24. The zero-order valence-corrected chi connectivity index (χ0v) is 11.7. The number of nitrogens with two attached hydrogens (primary N) is 1. The van der Waals surface area contributed by atoms with Gasteiger partial charge in [0.05, 0.1) is 4.90 Å². The number of primary amides is 1. The monoisotopic (exact) mass is 282 g/mol. The van der Waals surface area contributed by atoms with Crippen molar-refractivity contribution in [1.29, 1.82) is 0 Å². The van der Waals surface area contributed by atoms with Crippen LogP contribution >= 0.6 is 0 Å². The summed E-state index contributed by atoms with van der Waals surface area (Å²) in [5, 5.41) is 0. The lowest BCUT2D eigenvalue weighted by molar-refractivity contribution is 0.1000. The van der Waals surface area contributed by atoms with Crippen molar-refractivity contribution in [3.05, 3.63) is 29.3 Å². The van der Waals surface area contributed by atoms with E-state index in [1.54, 1.807) is 19.1 Å². The van der Waals surface area contributed by atoms with Crippen LogP contribution in [0, 0.1) is 6.92 Å². The van der Waals surface area contributed by atoms with E-state index >= 15 is 0 Å². The van der Waals surface area contributed by atoms with Gasteiger partial charge in [-0.05, 0) is 37.5 Å². The van der Waals surface area contributed by atoms with Gasteiger partial charge in [0.2, 0.25) is 15.9 Å². The molecular formula is C13H18N2O3S. The molecule has 2 N–H and O–H groups in total. The number of carbonyl (C=O) groups excluding carboxylic acids is 1. The Morgan fingerprint density at radius 2 is 1.84 bits per heavy atom. The zero-order chi connectivity index (χ0) is 14.0. The lowest BCUT2D eigenvalue weighted by Gasteiger charge is -2.26. The summed E-state index contributed by atoms with van der Waals surface area (Å²) in [5.74, 6) is -0.616. The third kappa shape index (κ3) is 2.79. The van der Waals surface area contributed by atoms with E-state index in [0.717, 1.165) is 19.3 Å². The molecule has 1 amide bonds. The highest BCUT2D eigenvalue weighted by Gasteiger charge is 2.27. The fourth-order valence-corrected chi connectivity index (χ4v) is 4.04. The first-order valence-electron chi connectivity index (χ1n) is 6.33. The number of benzene rings is 1. The Labute approximate surface area is 113 Å². The lowest BCUT2D eigenvalue weighted by atomic mass is 10.1. The van der Waals surface area contributed by atoms with Crippen LogP contribution in [-0.2, 0) is 10.0 Å². The van der Waals surface area contributed by atoms with Crippen LogP contribution in [-0.4, -0.2) is 31.7 Å². The maximum atomic E-state index is 12.6. The van der Waals surface area contributed by atoms with Gasteiger partial charge in [-0.2, -0.15) is 4.31 Å². The summed E-state index contributed by atoms with van der Waals surface area (Å²) in [5.41, 5.74) is 6.07. The van der Waals surface area contributed by atoms with Crippen molar-refractivity contribution >= 4 is 15.9 Å². The summed E-state index contributed by atoms with van der Waals surface area (Å²) in [6, 6.07) is 4.55. The van der Waals surface area contributed by atoms with E-state index in [1.807, 2.05) is 0 Å². The minimum atomic E-state index is -3.52. The fraction of sp³-hybridized carbons (Fsp3) is 0.462. The molecule has 0 aliphatic carbocycles. The van der Waals surface area contributed by atoms with Crippen LogP contribution in [0.4, 0.5) is 0 Å². The van der Waals surface area contributed by atoms with Crippen molar-refractivity contribution in [3.63, 3.8) is 0 Å². The van der Waals surface area contributed by atoms with Gasteiger partial charge in [0.15, 0.2) is 0 Å². The van der Waals surface area contributed by atoms with Gasteiger partial charge in [-0.3, -0.25) is 4.79 Å². The number of rotatable bonds is 3. The molecule has 0 spiro atoms. The summed E-state index contributed by atoms with van der Waals surface area (Å²) in [6.07, 6.45) is 2.83. The van der Waals surface area contributed by atoms with Gasteiger partial charge in [-0.1, -0.05) is 12.5 Å². The SMILES string of the molecule is Cc1ccc(C(N)=O)cc1S(=O)(=O)N1CCCCC1. The van der Waals surface area contributed by atoms with Crippen LogP contribution in [0.5, 0.6) is 0 Å². The number of carbonyl (C=O) groups is 1. The van der Waals surface area contributed by atoms with Crippen LogP contribution < -0.4 is 5.73 Å². The first-order valence-corrected chi connectivity index (χ1v) is 7.77. The second-order valence-corrected chi connectivity index (χ2v) is 6.72. The number of amides is 1. The van der Waals surface area contributed by atoms with Crippen molar-refractivity contribution in [2.75, 3.05) is 13.1 Å². The molecule has 1 saturated heterocycles. The van der Waals surface area contributed by atoms with Gasteiger partial charge >= 0.3 is 0 Å². The molecule has 1 aliphatic heterocycles.